The fourth-order valence-electron chi connectivity index (χ4n) is 1.90. The molecule has 0 saturated heterocycles. The predicted octanol–water partition coefficient (Wildman–Crippen LogP) is 1.92. The maximum absolute atomic E-state index is 10.8. The highest BCUT2D eigenvalue weighted by molar-refractivity contribution is 6.18. The zero-order chi connectivity index (χ0) is 8.97. The molecule has 1 saturated carbocycles. The van der Waals surface area contributed by atoms with Crippen molar-refractivity contribution in [3.8, 4) is 0 Å². The normalized spacial score (nSPS) is 20.8. The standard InChI is InChI=1S/C9H16ClNO/c1-7(12)11-9(6-10)8-4-2-3-5-8/h8-9H,2-6H2,1H3,(H,11,12). The summed E-state index contributed by atoms with van der Waals surface area (Å²) in [6.45, 7) is 1.55. The number of nitrogens with one attached hydrogen (secondary N) is 1. The molecule has 0 aliphatic heterocycles. The molecule has 1 aliphatic carbocycles. The van der Waals surface area contributed by atoms with Crippen LogP contribution >= 0.6 is 11.6 Å². The van der Waals surface area contributed by atoms with E-state index in [2.05, 4.69) is 5.32 Å². The molecular formula is C9H16ClNO. The van der Waals surface area contributed by atoms with E-state index in [0.717, 1.165) is 0 Å². The second kappa shape index (κ2) is 4.70. The Hall–Kier alpha value is -0.240. The fraction of sp³-hybridized carbons (Fsp3) is 0.889. The van der Waals surface area contributed by atoms with Gasteiger partial charge in [-0.3, -0.25) is 4.79 Å². The minimum Gasteiger partial charge on any atom is -0.352 e. The van der Waals surface area contributed by atoms with Gasteiger partial charge in [-0.05, 0) is 18.8 Å². The lowest BCUT2D eigenvalue weighted by Gasteiger charge is -2.21. The van der Waals surface area contributed by atoms with Crippen LogP contribution < -0.4 is 5.32 Å². The Labute approximate surface area is 78.7 Å². The van der Waals surface area contributed by atoms with E-state index < -0.39 is 0 Å². The summed E-state index contributed by atoms with van der Waals surface area (Å²) in [6.07, 6.45) is 5.02. The maximum atomic E-state index is 10.8. The number of alkyl halides is 1. The third kappa shape index (κ3) is 2.67. The predicted molar refractivity (Wildman–Crippen MR) is 50.3 cm³/mol. The first kappa shape index (κ1) is 9.85. The van der Waals surface area contributed by atoms with Crippen LogP contribution in [-0.4, -0.2) is 17.8 Å². The van der Waals surface area contributed by atoms with Crippen LogP contribution in [0.2, 0.25) is 0 Å². The minimum absolute atomic E-state index is 0.0348. The second-order valence-electron chi connectivity index (χ2n) is 3.51. The van der Waals surface area contributed by atoms with Gasteiger partial charge in [-0.15, -0.1) is 11.6 Å². The van der Waals surface area contributed by atoms with Gasteiger partial charge < -0.3 is 5.32 Å². The van der Waals surface area contributed by atoms with Crippen LogP contribution in [0.4, 0.5) is 0 Å². The molecule has 0 aromatic heterocycles. The van der Waals surface area contributed by atoms with Crippen molar-refractivity contribution in [2.24, 2.45) is 5.92 Å². The molecule has 1 rings (SSSR count). The van der Waals surface area contributed by atoms with Crippen molar-refractivity contribution in [2.45, 2.75) is 38.6 Å². The smallest absolute Gasteiger partial charge is 0.217 e. The first-order valence-electron chi connectivity index (χ1n) is 4.57. The number of halogens is 1. The molecular weight excluding hydrogens is 174 g/mol. The second-order valence-corrected chi connectivity index (χ2v) is 3.81. The molecule has 1 amide bonds. The SMILES string of the molecule is CC(=O)NC(CCl)C1CCCC1. The van der Waals surface area contributed by atoms with Gasteiger partial charge in [0.15, 0.2) is 0 Å². The number of amides is 1. The van der Waals surface area contributed by atoms with E-state index in [1.54, 1.807) is 6.92 Å². The Morgan fingerprint density at radius 2 is 2.17 bits per heavy atom. The molecule has 1 unspecified atom stereocenters. The van der Waals surface area contributed by atoms with Crippen molar-refractivity contribution < 1.29 is 4.79 Å². The molecule has 0 aromatic carbocycles. The molecule has 3 heteroatoms. The van der Waals surface area contributed by atoms with Gasteiger partial charge >= 0.3 is 0 Å². The van der Waals surface area contributed by atoms with E-state index in [1.165, 1.54) is 25.7 Å². The third-order valence-corrected chi connectivity index (χ3v) is 2.86. The largest absolute Gasteiger partial charge is 0.352 e. The Morgan fingerprint density at radius 1 is 1.58 bits per heavy atom. The maximum Gasteiger partial charge on any atom is 0.217 e. The summed E-state index contributed by atoms with van der Waals surface area (Å²) in [7, 11) is 0. The van der Waals surface area contributed by atoms with Gasteiger partial charge in [0, 0.05) is 18.8 Å². The van der Waals surface area contributed by atoms with Crippen LogP contribution in [0, 0.1) is 5.92 Å². The topological polar surface area (TPSA) is 29.1 Å². The summed E-state index contributed by atoms with van der Waals surface area (Å²) < 4.78 is 0. The molecule has 0 heterocycles. The molecule has 2 nitrogen and oxygen atoms in total. The van der Waals surface area contributed by atoms with Crippen molar-refractivity contribution in [1.82, 2.24) is 5.32 Å². The van der Waals surface area contributed by atoms with Gasteiger partial charge in [0.25, 0.3) is 0 Å². The van der Waals surface area contributed by atoms with Crippen molar-refractivity contribution in [3.63, 3.8) is 0 Å². The molecule has 12 heavy (non-hydrogen) atoms. The Kier molecular flexibility index (Phi) is 3.86. The number of hydrogen-bond acceptors (Lipinski definition) is 1. The molecule has 0 aromatic rings. The number of carbonyl (C=O) groups excluding carboxylic acids is 1. The van der Waals surface area contributed by atoms with Gasteiger partial charge in [-0.25, -0.2) is 0 Å². The Balaban J connectivity index is 2.37. The van der Waals surface area contributed by atoms with Gasteiger partial charge in [0.05, 0.1) is 0 Å². The monoisotopic (exact) mass is 189 g/mol. The average Bonchev–Trinajstić information content (AvgIpc) is 2.51. The fourth-order valence-corrected chi connectivity index (χ4v) is 2.23. The van der Waals surface area contributed by atoms with Gasteiger partial charge in [0.1, 0.15) is 0 Å². The summed E-state index contributed by atoms with van der Waals surface area (Å²) in [4.78, 5) is 10.8. The van der Waals surface area contributed by atoms with E-state index in [1.807, 2.05) is 0 Å². The molecule has 0 radical (unpaired) electrons. The van der Waals surface area contributed by atoms with Crippen molar-refractivity contribution in [2.75, 3.05) is 5.88 Å². The zero-order valence-corrected chi connectivity index (χ0v) is 8.23. The third-order valence-electron chi connectivity index (χ3n) is 2.52. The first-order chi connectivity index (χ1) is 5.74. The van der Waals surface area contributed by atoms with Crippen LogP contribution in [-0.2, 0) is 4.79 Å². The van der Waals surface area contributed by atoms with Crippen LogP contribution in [0.5, 0.6) is 0 Å². The van der Waals surface area contributed by atoms with Gasteiger partial charge in [-0.2, -0.15) is 0 Å². The van der Waals surface area contributed by atoms with E-state index in [4.69, 9.17) is 11.6 Å². The lowest BCUT2D eigenvalue weighted by Crippen LogP contribution is -2.39. The highest BCUT2D eigenvalue weighted by atomic mass is 35.5. The molecule has 70 valence electrons. The minimum atomic E-state index is 0.0348. The van der Waals surface area contributed by atoms with Gasteiger partial charge in [0.2, 0.25) is 5.91 Å². The van der Waals surface area contributed by atoms with Crippen LogP contribution in [0.25, 0.3) is 0 Å². The number of carbonyl (C=O) groups is 1. The lowest BCUT2D eigenvalue weighted by molar-refractivity contribution is -0.119. The van der Waals surface area contributed by atoms with E-state index in [9.17, 15) is 4.79 Å². The van der Waals surface area contributed by atoms with E-state index in [0.29, 0.717) is 11.8 Å². The van der Waals surface area contributed by atoms with Crippen molar-refractivity contribution in [3.05, 3.63) is 0 Å². The Morgan fingerprint density at radius 3 is 2.58 bits per heavy atom. The summed E-state index contributed by atoms with van der Waals surface area (Å²) in [5.41, 5.74) is 0. The zero-order valence-electron chi connectivity index (χ0n) is 7.48. The van der Waals surface area contributed by atoms with Crippen LogP contribution in [0.3, 0.4) is 0 Å². The van der Waals surface area contributed by atoms with Crippen LogP contribution in [0.1, 0.15) is 32.6 Å². The molecule has 0 spiro atoms. The van der Waals surface area contributed by atoms with Crippen molar-refractivity contribution in [1.29, 1.82) is 0 Å². The van der Waals surface area contributed by atoms with E-state index in [-0.39, 0.29) is 11.9 Å². The first-order valence-corrected chi connectivity index (χ1v) is 5.10. The molecule has 0 bridgehead atoms. The van der Waals surface area contributed by atoms with Crippen molar-refractivity contribution >= 4 is 17.5 Å². The molecule has 1 atom stereocenters. The summed E-state index contributed by atoms with van der Waals surface area (Å²) in [5, 5.41) is 2.90. The summed E-state index contributed by atoms with van der Waals surface area (Å²) in [5.74, 6) is 1.20. The molecule has 1 N–H and O–H groups in total. The van der Waals surface area contributed by atoms with Gasteiger partial charge in [-0.1, -0.05) is 12.8 Å². The number of hydrogen-bond donors (Lipinski definition) is 1. The van der Waals surface area contributed by atoms with E-state index >= 15 is 0 Å². The Bertz CT molecular complexity index is 155. The quantitative estimate of drug-likeness (QED) is 0.676. The average molecular weight is 190 g/mol. The summed E-state index contributed by atoms with van der Waals surface area (Å²) in [6, 6.07) is 0.201. The summed E-state index contributed by atoms with van der Waals surface area (Å²) >= 11 is 5.78. The lowest BCUT2D eigenvalue weighted by atomic mass is 10.00. The highest BCUT2D eigenvalue weighted by Crippen LogP contribution is 2.28. The molecule has 1 fully saturated rings. The molecule has 1 aliphatic rings. The number of rotatable bonds is 3. The van der Waals surface area contributed by atoms with Crippen LogP contribution in [0.15, 0.2) is 0 Å². The highest BCUT2D eigenvalue weighted by Gasteiger charge is 2.24.